The van der Waals surface area contributed by atoms with Gasteiger partial charge in [-0.2, -0.15) is 4.98 Å². The SMILES string of the molecule is Cl.Nc1nc2c(C(=O)NC3CN4CCC3CC4)cc(Cl)cc2o1. The molecule has 3 aliphatic rings. The minimum Gasteiger partial charge on any atom is -0.424 e. The van der Waals surface area contributed by atoms with Crippen LogP contribution in [0.2, 0.25) is 5.02 Å². The highest BCUT2D eigenvalue weighted by Crippen LogP contribution is 2.29. The van der Waals surface area contributed by atoms with E-state index in [2.05, 4.69) is 15.2 Å². The molecule has 0 saturated carbocycles. The number of anilines is 1. The number of nitrogens with zero attached hydrogens (tertiary/aromatic N) is 2. The molecule has 1 unspecified atom stereocenters. The van der Waals surface area contributed by atoms with Crippen molar-refractivity contribution >= 4 is 47.0 Å². The van der Waals surface area contributed by atoms with Crippen LogP contribution in [-0.4, -0.2) is 41.5 Å². The largest absolute Gasteiger partial charge is 0.424 e. The fraction of sp³-hybridized carbons (Fsp3) is 0.467. The van der Waals surface area contributed by atoms with E-state index in [-0.39, 0.29) is 30.4 Å². The quantitative estimate of drug-likeness (QED) is 0.862. The van der Waals surface area contributed by atoms with Crippen molar-refractivity contribution in [2.24, 2.45) is 5.92 Å². The maximum atomic E-state index is 12.7. The highest BCUT2D eigenvalue weighted by atomic mass is 35.5. The first kappa shape index (κ1) is 16.4. The molecule has 1 atom stereocenters. The van der Waals surface area contributed by atoms with Gasteiger partial charge in [-0.15, -0.1) is 12.4 Å². The average molecular weight is 357 g/mol. The molecule has 23 heavy (non-hydrogen) atoms. The first-order valence-corrected chi connectivity index (χ1v) is 7.87. The van der Waals surface area contributed by atoms with Gasteiger partial charge in [-0.05, 0) is 37.9 Å². The summed E-state index contributed by atoms with van der Waals surface area (Å²) in [5, 5.41) is 3.57. The molecule has 2 aromatic rings. The van der Waals surface area contributed by atoms with Gasteiger partial charge in [0.05, 0.1) is 5.56 Å². The van der Waals surface area contributed by atoms with Crippen molar-refractivity contribution in [3.63, 3.8) is 0 Å². The van der Waals surface area contributed by atoms with Gasteiger partial charge >= 0.3 is 0 Å². The van der Waals surface area contributed by atoms with E-state index in [0.29, 0.717) is 27.6 Å². The Morgan fingerprint density at radius 3 is 2.78 bits per heavy atom. The summed E-state index contributed by atoms with van der Waals surface area (Å²) < 4.78 is 5.27. The molecule has 3 saturated heterocycles. The molecule has 3 N–H and O–H groups in total. The van der Waals surface area contributed by atoms with Crippen LogP contribution >= 0.6 is 24.0 Å². The monoisotopic (exact) mass is 356 g/mol. The zero-order chi connectivity index (χ0) is 15.3. The van der Waals surface area contributed by atoms with Crippen molar-refractivity contribution in [3.8, 4) is 0 Å². The lowest BCUT2D eigenvalue weighted by Crippen LogP contribution is -2.57. The van der Waals surface area contributed by atoms with Crippen LogP contribution in [0, 0.1) is 5.92 Å². The molecule has 5 rings (SSSR count). The standard InChI is InChI=1S/C15H17ClN4O2.ClH/c16-9-5-10(13-12(6-9)22-15(17)19-13)14(21)18-11-7-20-3-1-8(11)2-4-20;/h5-6,8,11H,1-4,7H2,(H2,17,19)(H,18,21);1H. The number of nitrogen functional groups attached to an aromatic ring is 1. The van der Waals surface area contributed by atoms with E-state index < -0.39 is 0 Å². The summed E-state index contributed by atoms with van der Waals surface area (Å²) in [6.07, 6.45) is 2.29. The Morgan fingerprint density at radius 2 is 2.13 bits per heavy atom. The number of nitrogens with one attached hydrogen (secondary N) is 1. The molecule has 1 amide bonds. The van der Waals surface area contributed by atoms with Crippen LogP contribution in [0.1, 0.15) is 23.2 Å². The van der Waals surface area contributed by atoms with E-state index >= 15 is 0 Å². The number of hydrogen-bond acceptors (Lipinski definition) is 5. The average Bonchev–Trinajstić information content (AvgIpc) is 2.87. The summed E-state index contributed by atoms with van der Waals surface area (Å²) >= 11 is 6.07. The maximum absolute atomic E-state index is 12.7. The van der Waals surface area contributed by atoms with Gasteiger partial charge in [0.2, 0.25) is 0 Å². The van der Waals surface area contributed by atoms with E-state index in [9.17, 15) is 4.79 Å². The van der Waals surface area contributed by atoms with Crippen molar-refractivity contribution in [3.05, 3.63) is 22.7 Å². The molecule has 1 aromatic carbocycles. The third-order valence-electron chi connectivity index (χ3n) is 4.69. The third kappa shape index (κ3) is 2.98. The van der Waals surface area contributed by atoms with Crippen LogP contribution in [0.5, 0.6) is 0 Å². The summed E-state index contributed by atoms with van der Waals surface area (Å²) in [7, 11) is 0. The molecular weight excluding hydrogens is 339 g/mol. The number of rotatable bonds is 2. The second-order valence-electron chi connectivity index (χ2n) is 6.07. The van der Waals surface area contributed by atoms with Gasteiger partial charge in [-0.25, -0.2) is 0 Å². The van der Waals surface area contributed by atoms with Crippen LogP contribution in [-0.2, 0) is 0 Å². The number of amides is 1. The highest BCUT2D eigenvalue weighted by molar-refractivity contribution is 6.32. The Hall–Kier alpha value is -1.50. The predicted molar refractivity (Wildman–Crippen MR) is 91.1 cm³/mol. The summed E-state index contributed by atoms with van der Waals surface area (Å²) in [6.45, 7) is 3.19. The number of carbonyl (C=O) groups is 1. The van der Waals surface area contributed by atoms with Crippen LogP contribution in [0.15, 0.2) is 16.5 Å². The number of piperidine rings is 3. The van der Waals surface area contributed by atoms with E-state index in [1.54, 1.807) is 12.1 Å². The molecule has 8 heteroatoms. The molecule has 0 aliphatic carbocycles. The van der Waals surface area contributed by atoms with Crippen LogP contribution in [0.3, 0.4) is 0 Å². The molecule has 3 fully saturated rings. The molecule has 4 heterocycles. The normalized spacial score (nSPS) is 26.0. The fourth-order valence-corrected chi connectivity index (χ4v) is 3.77. The van der Waals surface area contributed by atoms with Crippen molar-refractivity contribution in [2.45, 2.75) is 18.9 Å². The Morgan fingerprint density at radius 1 is 1.39 bits per heavy atom. The lowest BCUT2D eigenvalue weighted by Gasteiger charge is -2.44. The van der Waals surface area contributed by atoms with Gasteiger partial charge in [0.25, 0.3) is 11.9 Å². The first-order chi connectivity index (χ1) is 10.6. The summed E-state index contributed by atoms with van der Waals surface area (Å²) in [4.78, 5) is 19.1. The molecular formula is C15H18Cl2N4O2. The topological polar surface area (TPSA) is 84.4 Å². The molecule has 2 bridgehead atoms. The number of nitrogens with two attached hydrogens (primary N) is 1. The summed E-state index contributed by atoms with van der Waals surface area (Å²) in [6, 6.07) is 3.45. The second-order valence-corrected chi connectivity index (χ2v) is 6.51. The van der Waals surface area contributed by atoms with Crippen molar-refractivity contribution < 1.29 is 9.21 Å². The zero-order valence-corrected chi connectivity index (χ0v) is 14.0. The fourth-order valence-electron chi connectivity index (χ4n) is 3.56. The molecule has 1 aromatic heterocycles. The Kier molecular flexibility index (Phi) is 4.40. The summed E-state index contributed by atoms with van der Waals surface area (Å²) in [5.74, 6) is 0.394. The molecule has 0 radical (unpaired) electrons. The van der Waals surface area contributed by atoms with Gasteiger partial charge in [-0.1, -0.05) is 11.6 Å². The van der Waals surface area contributed by atoms with Gasteiger partial charge < -0.3 is 20.4 Å². The van der Waals surface area contributed by atoms with Crippen LogP contribution < -0.4 is 11.1 Å². The van der Waals surface area contributed by atoms with Gasteiger partial charge in [-0.3, -0.25) is 4.79 Å². The smallest absolute Gasteiger partial charge is 0.293 e. The van der Waals surface area contributed by atoms with E-state index in [4.69, 9.17) is 21.8 Å². The molecule has 124 valence electrons. The summed E-state index contributed by atoms with van der Waals surface area (Å²) in [5.41, 5.74) is 6.89. The van der Waals surface area contributed by atoms with E-state index in [0.717, 1.165) is 32.5 Å². The van der Waals surface area contributed by atoms with E-state index in [1.807, 2.05) is 0 Å². The minimum absolute atomic E-state index is 0. The zero-order valence-electron chi connectivity index (χ0n) is 12.4. The Labute approximate surface area is 144 Å². The van der Waals surface area contributed by atoms with Crippen molar-refractivity contribution in [2.75, 3.05) is 25.4 Å². The van der Waals surface area contributed by atoms with Crippen molar-refractivity contribution in [1.29, 1.82) is 0 Å². The van der Waals surface area contributed by atoms with Gasteiger partial charge in [0, 0.05) is 23.7 Å². The minimum atomic E-state index is -0.167. The Bertz CT molecular complexity index is 740. The number of benzene rings is 1. The lowest BCUT2D eigenvalue weighted by atomic mass is 9.84. The number of oxazole rings is 1. The Balaban J connectivity index is 0.00000156. The number of hydrogen-bond donors (Lipinski definition) is 2. The van der Waals surface area contributed by atoms with Gasteiger partial charge in [0.1, 0.15) is 5.52 Å². The predicted octanol–water partition coefficient (Wildman–Crippen LogP) is 2.31. The number of halogens is 2. The molecule has 6 nitrogen and oxygen atoms in total. The molecule has 0 spiro atoms. The second kappa shape index (κ2) is 6.19. The van der Waals surface area contributed by atoms with Crippen LogP contribution in [0.25, 0.3) is 11.1 Å². The van der Waals surface area contributed by atoms with Crippen LogP contribution in [0.4, 0.5) is 6.01 Å². The number of carbonyl (C=O) groups excluding carboxylic acids is 1. The third-order valence-corrected chi connectivity index (χ3v) is 4.91. The molecule has 3 aliphatic heterocycles. The maximum Gasteiger partial charge on any atom is 0.293 e. The van der Waals surface area contributed by atoms with Gasteiger partial charge in [0.15, 0.2) is 5.58 Å². The highest BCUT2D eigenvalue weighted by Gasteiger charge is 2.35. The van der Waals surface area contributed by atoms with E-state index in [1.165, 1.54) is 0 Å². The number of fused-ring (bicyclic) bond motifs is 4. The van der Waals surface area contributed by atoms with Crippen molar-refractivity contribution in [1.82, 2.24) is 15.2 Å². The number of aromatic nitrogens is 1. The first-order valence-electron chi connectivity index (χ1n) is 7.49. The lowest BCUT2D eigenvalue weighted by molar-refractivity contribution is 0.0621.